The van der Waals surface area contributed by atoms with Crippen LogP contribution in [0.1, 0.15) is 25.8 Å². The maximum atomic E-state index is 11.9. The van der Waals surface area contributed by atoms with Crippen LogP contribution in [0.25, 0.3) is 6.08 Å². The second-order valence-corrected chi connectivity index (χ2v) is 6.74. The van der Waals surface area contributed by atoms with E-state index in [0.717, 1.165) is 6.08 Å². The molecule has 0 aliphatic carbocycles. The molecule has 6 heteroatoms. The molecule has 0 aromatic heterocycles. The lowest BCUT2D eigenvalue weighted by atomic mass is 10.2. The van der Waals surface area contributed by atoms with Crippen LogP contribution in [-0.2, 0) is 14.8 Å². The fourth-order valence-electron chi connectivity index (χ4n) is 1.49. The smallest absolute Gasteiger partial charge is 0.328 e. The van der Waals surface area contributed by atoms with E-state index in [0.29, 0.717) is 23.6 Å². The van der Waals surface area contributed by atoms with Crippen LogP contribution in [0.4, 0.5) is 5.69 Å². The van der Waals surface area contributed by atoms with Gasteiger partial charge in [0.1, 0.15) is 0 Å². The average molecular weight is 297 g/mol. The third-order valence-corrected chi connectivity index (χ3v) is 3.86. The Kier molecular flexibility index (Phi) is 5.76. The van der Waals surface area contributed by atoms with Crippen molar-refractivity contribution < 1.29 is 18.3 Å². The van der Waals surface area contributed by atoms with Crippen molar-refractivity contribution in [1.82, 2.24) is 0 Å². The summed E-state index contributed by atoms with van der Waals surface area (Å²) in [5.74, 6) is -0.663. The molecular weight excluding hydrogens is 278 g/mol. The summed E-state index contributed by atoms with van der Waals surface area (Å²) >= 11 is 0. The van der Waals surface area contributed by atoms with E-state index in [4.69, 9.17) is 5.11 Å². The largest absolute Gasteiger partial charge is 0.478 e. The number of benzene rings is 1. The maximum Gasteiger partial charge on any atom is 0.328 e. The number of hydrogen-bond acceptors (Lipinski definition) is 3. The van der Waals surface area contributed by atoms with Gasteiger partial charge in [-0.15, -0.1) is 0 Å². The molecule has 0 aliphatic rings. The fraction of sp³-hybridized carbons (Fsp3) is 0.357. The van der Waals surface area contributed by atoms with Crippen molar-refractivity contribution >= 4 is 27.8 Å². The number of rotatable bonds is 7. The van der Waals surface area contributed by atoms with Crippen LogP contribution in [0.5, 0.6) is 0 Å². The predicted molar refractivity (Wildman–Crippen MR) is 80.0 cm³/mol. The second-order valence-electron chi connectivity index (χ2n) is 4.90. The topological polar surface area (TPSA) is 83.5 Å². The van der Waals surface area contributed by atoms with Gasteiger partial charge in [-0.05, 0) is 36.1 Å². The van der Waals surface area contributed by atoms with Crippen LogP contribution < -0.4 is 4.72 Å². The lowest BCUT2D eigenvalue weighted by Gasteiger charge is -2.09. The molecule has 0 unspecified atom stereocenters. The van der Waals surface area contributed by atoms with E-state index in [1.165, 1.54) is 6.08 Å². The molecule has 0 radical (unpaired) electrons. The Morgan fingerprint density at radius 2 is 2.10 bits per heavy atom. The quantitative estimate of drug-likeness (QED) is 0.758. The molecule has 0 saturated carbocycles. The first-order valence-corrected chi connectivity index (χ1v) is 7.95. The fourth-order valence-corrected chi connectivity index (χ4v) is 2.86. The normalized spacial score (nSPS) is 11.9. The third kappa shape index (κ3) is 6.38. The molecule has 110 valence electrons. The zero-order valence-corrected chi connectivity index (χ0v) is 12.4. The Morgan fingerprint density at radius 1 is 1.40 bits per heavy atom. The van der Waals surface area contributed by atoms with Gasteiger partial charge in [0.25, 0.3) is 0 Å². The number of hydrogen-bond donors (Lipinski definition) is 2. The summed E-state index contributed by atoms with van der Waals surface area (Å²) in [6.45, 7) is 3.93. The molecule has 0 heterocycles. The molecule has 1 aromatic rings. The van der Waals surface area contributed by atoms with Crippen LogP contribution in [0.15, 0.2) is 30.3 Å². The summed E-state index contributed by atoms with van der Waals surface area (Å²) < 4.78 is 26.2. The summed E-state index contributed by atoms with van der Waals surface area (Å²) in [7, 11) is -3.37. The Labute approximate surface area is 119 Å². The van der Waals surface area contributed by atoms with Crippen LogP contribution in [-0.4, -0.2) is 25.2 Å². The van der Waals surface area contributed by atoms with Crippen molar-refractivity contribution in [3.05, 3.63) is 35.9 Å². The molecule has 0 saturated heterocycles. The van der Waals surface area contributed by atoms with Gasteiger partial charge in [0.15, 0.2) is 0 Å². The minimum Gasteiger partial charge on any atom is -0.478 e. The van der Waals surface area contributed by atoms with Crippen molar-refractivity contribution in [2.45, 2.75) is 20.3 Å². The van der Waals surface area contributed by atoms with Gasteiger partial charge in [0.05, 0.1) is 5.75 Å². The molecule has 0 amide bonds. The van der Waals surface area contributed by atoms with Gasteiger partial charge in [0, 0.05) is 11.8 Å². The number of carboxylic acid groups (broad SMARTS) is 1. The zero-order valence-electron chi connectivity index (χ0n) is 11.5. The first kappa shape index (κ1) is 16.2. The second kappa shape index (κ2) is 7.09. The molecule has 0 bridgehead atoms. The lowest BCUT2D eigenvalue weighted by Crippen LogP contribution is -2.17. The number of anilines is 1. The SMILES string of the molecule is CC(C)CCS(=O)(=O)Nc1cccc(C=CC(=O)O)c1. The number of aliphatic carboxylic acids is 1. The van der Waals surface area contributed by atoms with E-state index in [1.54, 1.807) is 24.3 Å². The van der Waals surface area contributed by atoms with E-state index in [2.05, 4.69) is 4.72 Å². The van der Waals surface area contributed by atoms with Crippen molar-refractivity contribution in [2.24, 2.45) is 5.92 Å². The molecule has 2 N–H and O–H groups in total. The van der Waals surface area contributed by atoms with E-state index in [1.807, 2.05) is 13.8 Å². The van der Waals surface area contributed by atoms with Gasteiger partial charge in [-0.25, -0.2) is 13.2 Å². The molecule has 20 heavy (non-hydrogen) atoms. The molecule has 1 rings (SSSR count). The van der Waals surface area contributed by atoms with E-state index >= 15 is 0 Å². The van der Waals surface area contributed by atoms with Gasteiger partial charge in [0.2, 0.25) is 10.0 Å². The van der Waals surface area contributed by atoms with Crippen LogP contribution in [0.3, 0.4) is 0 Å². The van der Waals surface area contributed by atoms with Gasteiger partial charge < -0.3 is 5.11 Å². The summed E-state index contributed by atoms with van der Waals surface area (Å²) in [4.78, 5) is 10.4. The Bertz CT molecular complexity index is 591. The predicted octanol–water partition coefficient (Wildman–Crippen LogP) is 2.57. The van der Waals surface area contributed by atoms with Gasteiger partial charge >= 0.3 is 5.97 Å². The molecule has 0 spiro atoms. The molecule has 5 nitrogen and oxygen atoms in total. The molecular formula is C14H19NO4S. The average Bonchev–Trinajstić information content (AvgIpc) is 2.34. The van der Waals surface area contributed by atoms with Crippen molar-refractivity contribution in [2.75, 3.05) is 10.5 Å². The standard InChI is InChI=1S/C14H19NO4S/c1-11(2)8-9-20(18,19)15-13-5-3-4-12(10-13)6-7-14(16)17/h3-7,10-11,15H,8-9H2,1-2H3,(H,16,17). The number of carbonyl (C=O) groups is 1. The Morgan fingerprint density at radius 3 is 2.70 bits per heavy atom. The highest BCUT2D eigenvalue weighted by Crippen LogP contribution is 2.14. The Balaban J connectivity index is 2.78. The van der Waals surface area contributed by atoms with Crippen LogP contribution in [0, 0.1) is 5.92 Å². The van der Waals surface area contributed by atoms with Crippen molar-refractivity contribution in [3.8, 4) is 0 Å². The van der Waals surface area contributed by atoms with E-state index in [-0.39, 0.29) is 5.75 Å². The summed E-state index contributed by atoms with van der Waals surface area (Å²) in [6, 6.07) is 6.59. The molecule has 0 fully saturated rings. The minimum absolute atomic E-state index is 0.0693. The minimum atomic E-state index is -3.37. The first-order valence-electron chi connectivity index (χ1n) is 6.30. The highest BCUT2D eigenvalue weighted by atomic mass is 32.2. The number of nitrogens with one attached hydrogen (secondary N) is 1. The summed E-state index contributed by atoms with van der Waals surface area (Å²) in [5.41, 5.74) is 1.05. The van der Waals surface area contributed by atoms with E-state index < -0.39 is 16.0 Å². The number of carboxylic acids is 1. The van der Waals surface area contributed by atoms with Gasteiger partial charge in [-0.2, -0.15) is 0 Å². The highest BCUT2D eigenvalue weighted by Gasteiger charge is 2.11. The van der Waals surface area contributed by atoms with Gasteiger partial charge in [-0.1, -0.05) is 26.0 Å². The van der Waals surface area contributed by atoms with Crippen LogP contribution in [0.2, 0.25) is 0 Å². The molecule has 0 aliphatic heterocycles. The summed E-state index contributed by atoms with van der Waals surface area (Å²) in [6.07, 6.45) is 3.01. The molecule has 0 atom stereocenters. The maximum absolute atomic E-state index is 11.9. The Hall–Kier alpha value is -1.82. The lowest BCUT2D eigenvalue weighted by molar-refractivity contribution is -0.131. The summed E-state index contributed by atoms with van der Waals surface area (Å²) in [5, 5.41) is 8.55. The van der Waals surface area contributed by atoms with Crippen molar-refractivity contribution in [1.29, 1.82) is 0 Å². The third-order valence-electron chi connectivity index (χ3n) is 2.54. The zero-order chi connectivity index (χ0) is 15.2. The monoisotopic (exact) mass is 297 g/mol. The van der Waals surface area contributed by atoms with Crippen molar-refractivity contribution in [3.63, 3.8) is 0 Å². The molecule has 1 aromatic carbocycles. The van der Waals surface area contributed by atoms with E-state index in [9.17, 15) is 13.2 Å². The van der Waals surface area contributed by atoms with Crippen LogP contribution >= 0.6 is 0 Å². The highest BCUT2D eigenvalue weighted by molar-refractivity contribution is 7.92. The van der Waals surface area contributed by atoms with Gasteiger partial charge in [-0.3, -0.25) is 4.72 Å². The first-order chi connectivity index (χ1) is 9.28. The number of sulfonamides is 1.